The highest BCUT2D eigenvalue weighted by atomic mass is 19.4. The zero-order valence-electron chi connectivity index (χ0n) is 14.9. The third kappa shape index (κ3) is 4.24. The summed E-state index contributed by atoms with van der Waals surface area (Å²) in [6.45, 7) is 2.94. The van der Waals surface area contributed by atoms with Crippen LogP contribution in [0.15, 0.2) is 55.3 Å². The van der Waals surface area contributed by atoms with Crippen molar-refractivity contribution < 1.29 is 22.8 Å². The molecular formula is C19H19F3N4O2. The maximum atomic E-state index is 13.3. The monoisotopic (exact) mass is 392 g/mol. The fourth-order valence-electron chi connectivity index (χ4n) is 3.24. The average molecular weight is 392 g/mol. The molecule has 0 bridgehead atoms. The van der Waals surface area contributed by atoms with E-state index in [1.165, 1.54) is 15.6 Å². The molecule has 2 amide bonds. The Kier molecular flexibility index (Phi) is 5.53. The molecule has 1 aromatic carbocycles. The van der Waals surface area contributed by atoms with Crippen molar-refractivity contribution in [3.05, 3.63) is 60.9 Å². The number of para-hydroxylation sites is 1. The number of amides is 2. The number of aromatic nitrogens is 2. The van der Waals surface area contributed by atoms with Crippen LogP contribution in [-0.2, 0) is 4.79 Å². The first-order chi connectivity index (χ1) is 13.3. The molecule has 2 heterocycles. The Labute approximate surface area is 159 Å². The van der Waals surface area contributed by atoms with Crippen LogP contribution in [0, 0.1) is 5.92 Å². The Bertz CT molecular complexity index is 864. The first kappa shape index (κ1) is 19.7. The largest absolute Gasteiger partial charge is 0.393 e. The third-order valence-electron chi connectivity index (χ3n) is 4.66. The van der Waals surface area contributed by atoms with Gasteiger partial charge in [-0.05, 0) is 30.7 Å². The van der Waals surface area contributed by atoms with Crippen LogP contribution in [0.4, 0.5) is 13.2 Å². The Balaban J connectivity index is 1.76. The van der Waals surface area contributed by atoms with E-state index >= 15 is 0 Å². The quantitative estimate of drug-likeness (QED) is 0.814. The molecule has 0 spiro atoms. The van der Waals surface area contributed by atoms with E-state index < -0.39 is 30.0 Å². The average Bonchev–Trinajstić information content (AvgIpc) is 3.17. The van der Waals surface area contributed by atoms with Gasteiger partial charge in [0.15, 0.2) is 5.69 Å². The van der Waals surface area contributed by atoms with Gasteiger partial charge in [-0.2, -0.15) is 18.3 Å². The molecule has 3 rings (SSSR count). The molecule has 1 fully saturated rings. The van der Waals surface area contributed by atoms with Gasteiger partial charge in [-0.1, -0.05) is 24.8 Å². The van der Waals surface area contributed by atoms with Crippen molar-refractivity contribution in [1.82, 2.24) is 20.0 Å². The lowest BCUT2D eigenvalue weighted by Gasteiger charge is -2.39. The molecule has 0 aliphatic carbocycles. The molecule has 1 saturated heterocycles. The minimum Gasteiger partial charge on any atom is -0.347 e. The second-order valence-electron chi connectivity index (χ2n) is 6.49. The summed E-state index contributed by atoms with van der Waals surface area (Å²) in [7, 11) is 0. The number of alkyl halides is 3. The molecule has 148 valence electrons. The zero-order chi connectivity index (χ0) is 20.3. The Morgan fingerprint density at radius 3 is 2.57 bits per heavy atom. The molecule has 0 saturated carbocycles. The molecule has 6 nitrogen and oxygen atoms in total. The van der Waals surface area contributed by atoms with Gasteiger partial charge in [-0.15, -0.1) is 0 Å². The van der Waals surface area contributed by atoms with Crippen LogP contribution in [0.3, 0.4) is 0 Å². The smallest absolute Gasteiger partial charge is 0.347 e. The van der Waals surface area contributed by atoms with Crippen LogP contribution in [0.25, 0.3) is 5.69 Å². The number of likely N-dealkylation sites (tertiary alicyclic amines) is 1. The second kappa shape index (κ2) is 7.87. The number of benzene rings is 1. The van der Waals surface area contributed by atoms with Gasteiger partial charge in [0, 0.05) is 19.3 Å². The molecular weight excluding hydrogens is 373 g/mol. The third-order valence-corrected chi connectivity index (χ3v) is 4.66. The summed E-state index contributed by atoms with van der Waals surface area (Å²) in [4.78, 5) is 25.6. The SMILES string of the molecule is C=CC(=O)NC1CN(C(=O)c2ccn(-c3ccccc3)n2)CCC1C(F)(F)F. The molecule has 2 unspecified atom stereocenters. The van der Waals surface area contributed by atoms with E-state index in [9.17, 15) is 22.8 Å². The molecule has 9 heteroatoms. The lowest BCUT2D eigenvalue weighted by atomic mass is 9.90. The van der Waals surface area contributed by atoms with E-state index in [1.807, 2.05) is 30.3 Å². The number of rotatable bonds is 4. The first-order valence-corrected chi connectivity index (χ1v) is 8.69. The van der Waals surface area contributed by atoms with Crippen molar-refractivity contribution >= 4 is 11.8 Å². The minimum atomic E-state index is -4.47. The highest BCUT2D eigenvalue weighted by Crippen LogP contribution is 2.34. The van der Waals surface area contributed by atoms with Gasteiger partial charge < -0.3 is 10.2 Å². The molecule has 1 aromatic heterocycles. The van der Waals surface area contributed by atoms with E-state index in [0.717, 1.165) is 11.8 Å². The highest BCUT2D eigenvalue weighted by Gasteiger charge is 2.48. The van der Waals surface area contributed by atoms with Gasteiger partial charge in [0.1, 0.15) is 0 Å². The molecule has 1 aliphatic heterocycles. The van der Waals surface area contributed by atoms with Crippen LogP contribution in [-0.4, -0.2) is 51.8 Å². The number of carbonyl (C=O) groups is 2. The van der Waals surface area contributed by atoms with Crippen LogP contribution in [0.1, 0.15) is 16.9 Å². The van der Waals surface area contributed by atoms with Gasteiger partial charge in [0.25, 0.3) is 5.91 Å². The van der Waals surface area contributed by atoms with Gasteiger partial charge in [-0.25, -0.2) is 4.68 Å². The number of halogens is 3. The fraction of sp³-hybridized carbons (Fsp3) is 0.316. The molecule has 1 aliphatic rings. The standard InChI is InChI=1S/C19H19F3N4O2/c1-2-17(27)23-16-12-25(10-8-14(16)19(20,21)22)18(28)15-9-11-26(24-15)13-6-4-3-5-7-13/h2-7,9,11,14,16H,1,8,10,12H2,(H,23,27). The summed E-state index contributed by atoms with van der Waals surface area (Å²) in [6, 6.07) is 9.41. The van der Waals surface area contributed by atoms with E-state index in [1.54, 1.807) is 6.20 Å². The topological polar surface area (TPSA) is 67.2 Å². The predicted octanol–water partition coefficient (Wildman–Crippen LogP) is 2.57. The number of hydrogen-bond acceptors (Lipinski definition) is 3. The summed E-state index contributed by atoms with van der Waals surface area (Å²) >= 11 is 0. The maximum absolute atomic E-state index is 13.3. The number of piperidine rings is 1. The van der Waals surface area contributed by atoms with Crippen LogP contribution in [0.5, 0.6) is 0 Å². The zero-order valence-corrected chi connectivity index (χ0v) is 14.9. The van der Waals surface area contributed by atoms with Crippen LogP contribution >= 0.6 is 0 Å². The summed E-state index contributed by atoms with van der Waals surface area (Å²) in [5, 5.41) is 6.52. The number of nitrogens with zero attached hydrogens (tertiary/aromatic N) is 3. The Morgan fingerprint density at radius 2 is 1.93 bits per heavy atom. The number of nitrogens with one attached hydrogen (secondary N) is 1. The van der Waals surface area contributed by atoms with Crippen molar-refractivity contribution in [2.45, 2.75) is 18.6 Å². The van der Waals surface area contributed by atoms with E-state index in [-0.39, 0.29) is 25.2 Å². The summed E-state index contributed by atoms with van der Waals surface area (Å²) in [6.07, 6.45) is -2.24. The van der Waals surface area contributed by atoms with Crippen LogP contribution < -0.4 is 5.32 Å². The van der Waals surface area contributed by atoms with Crippen molar-refractivity contribution in [2.75, 3.05) is 13.1 Å². The van der Waals surface area contributed by atoms with Gasteiger partial charge in [0.2, 0.25) is 5.91 Å². The second-order valence-corrected chi connectivity index (χ2v) is 6.49. The number of carbonyl (C=O) groups excluding carboxylic acids is 2. The maximum Gasteiger partial charge on any atom is 0.393 e. The van der Waals surface area contributed by atoms with E-state index in [2.05, 4.69) is 17.0 Å². The molecule has 2 aromatic rings. The Hall–Kier alpha value is -3.10. The summed E-state index contributed by atoms with van der Waals surface area (Å²) in [5.74, 6) is -2.91. The van der Waals surface area contributed by atoms with Gasteiger partial charge in [-0.3, -0.25) is 9.59 Å². The Morgan fingerprint density at radius 1 is 1.21 bits per heavy atom. The van der Waals surface area contributed by atoms with Crippen LogP contribution in [0.2, 0.25) is 0 Å². The summed E-state index contributed by atoms with van der Waals surface area (Å²) < 4.78 is 41.4. The predicted molar refractivity (Wildman–Crippen MR) is 95.8 cm³/mol. The molecule has 1 N–H and O–H groups in total. The lowest BCUT2D eigenvalue weighted by molar-refractivity contribution is -0.191. The van der Waals surface area contributed by atoms with Gasteiger partial charge in [0.05, 0.1) is 17.6 Å². The van der Waals surface area contributed by atoms with Crippen molar-refractivity contribution in [3.8, 4) is 5.69 Å². The number of hydrogen-bond donors (Lipinski definition) is 1. The lowest BCUT2D eigenvalue weighted by Crippen LogP contribution is -2.57. The van der Waals surface area contributed by atoms with E-state index in [0.29, 0.717) is 0 Å². The van der Waals surface area contributed by atoms with Crippen molar-refractivity contribution in [1.29, 1.82) is 0 Å². The van der Waals surface area contributed by atoms with Crippen molar-refractivity contribution in [2.24, 2.45) is 5.92 Å². The fourth-order valence-corrected chi connectivity index (χ4v) is 3.24. The molecule has 0 radical (unpaired) electrons. The van der Waals surface area contributed by atoms with Crippen molar-refractivity contribution in [3.63, 3.8) is 0 Å². The molecule has 28 heavy (non-hydrogen) atoms. The molecule has 2 atom stereocenters. The summed E-state index contributed by atoms with van der Waals surface area (Å²) in [5.41, 5.74) is 0.886. The first-order valence-electron chi connectivity index (χ1n) is 8.69. The minimum absolute atomic E-state index is 0.0678. The van der Waals surface area contributed by atoms with Gasteiger partial charge >= 0.3 is 6.18 Å². The normalized spacial score (nSPS) is 19.9. The van der Waals surface area contributed by atoms with E-state index in [4.69, 9.17) is 0 Å². The highest BCUT2D eigenvalue weighted by molar-refractivity contribution is 5.92.